The Morgan fingerprint density at radius 1 is 1.18 bits per heavy atom. The highest BCUT2D eigenvalue weighted by Gasteiger charge is 2.47. The predicted octanol–water partition coefficient (Wildman–Crippen LogP) is 0.285. The molecular weight excluding hydrogens is 478 g/mol. The average Bonchev–Trinajstić information content (AvgIpc) is 3.55. The van der Waals surface area contributed by atoms with Crippen LogP contribution in [0, 0.1) is 17.8 Å². The maximum Gasteiger partial charge on any atom is 0.251 e. The molecule has 192 valence electrons. The van der Waals surface area contributed by atoms with E-state index >= 15 is 0 Å². The number of thioether (sulfide) groups is 1. The first-order valence-corrected chi connectivity index (χ1v) is 14.1. The van der Waals surface area contributed by atoms with Crippen molar-refractivity contribution in [1.29, 1.82) is 0 Å². The molecule has 0 radical (unpaired) electrons. The van der Waals surface area contributed by atoms with Crippen LogP contribution < -0.4 is 21.3 Å². The third kappa shape index (κ3) is 5.23. The Labute approximate surface area is 211 Å². The molecule has 0 spiro atoms. The van der Waals surface area contributed by atoms with E-state index in [1.807, 2.05) is 4.90 Å². The van der Waals surface area contributed by atoms with Crippen molar-refractivity contribution in [2.75, 3.05) is 39.9 Å². The van der Waals surface area contributed by atoms with Crippen LogP contribution in [0.1, 0.15) is 32.6 Å². The number of amides is 2. The maximum absolute atomic E-state index is 13.5. The first-order valence-electron chi connectivity index (χ1n) is 12.7. The van der Waals surface area contributed by atoms with Gasteiger partial charge in [0.25, 0.3) is 5.91 Å². The number of alkyl halides is 1. The minimum atomic E-state index is -0.268. The second kappa shape index (κ2) is 10.8. The Morgan fingerprint density at radius 3 is 2.76 bits per heavy atom. The minimum absolute atomic E-state index is 0.0614. The summed E-state index contributed by atoms with van der Waals surface area (Å²) >= 11 is 8.18. The van der Waals surface area contributed by atoms with Gasteiger partial charge in [0.1, 0.15) is 11.6 Å². The lowest BCUT2D eigenvalue weighted by molar-refractivity contribution is -0.140. The molecular formula is C23H38ClN5O4S. The van der Waals surface area contributed by atoms with Crippen molar-refractivity contribution < 1.29 is 19.1 Å². The first kappa shape index (κ1) is 25.0. The first-order chi connectivity index (χ1) is 16.4. The van der Waals surface area contributed by atoms with Crippen molar-refractivity contribution in [3.8, 4) is 0 Å². The van der Waals surface area contributed by atoms with Gasteiger partial charge in [-0.05, 0) is 44.4 Å². The van der Waals surface area contributed by atoms with E-state index in [1.54, 1.807) is 18.9 Å². The van der Waals surface area contributed by atoms with Crippen LogP contribution in [0.5, 0.6) is 0 Å². The molecule has 2 amide bonds. The Bertz CT molecular complexity index is 745. The SMILES string of the molecule is COC1CNC(Cl)CC1C1CC(C)NCC1C(=O)NC1NC2CN(C(=O)[C@H]3CCCO3)CC2S1. The average molecular weight is 516 g/mol. The number of nitrogens with zero attached hydrogens (tertiary/aromatic N) is 1. The quantitative estimate of drug-likeness (QED) is 0.306. The topological polar surface area (TPSA) is 104 Å². The number of nitrogens with one attached hydrogen (secondary N) is 4. The third-order valence-corrected chi connectivity index (χ3v) is 9.93. The Balaban J connectivity index is 1.17. The summed E-state index contributed by atoms with van der Waals surface area (Å²) in [6.45, 7) is 5.63. The van der Waals surface area contributed by atoms with Crippen molar-refractivity contribution in [1.82, 2.24) is 26.2 Å². The number of ether oxygens (including phenoxy) is 2. The maximum atomic E-state index is 13.5. The molecule has 5 saturated heterocycles. The van der Waals surface area contributed by atoms with Crippen LogP contribution in [0.25, 0.3) is 0 Å². The largest absolute Gasteiger partial charge is 0.380 e. The Hall–Kier alpha value is -0.620. The number of rotatable bonds is 5. The predicted molar refractivity (Wildman–Crippen MR) is 131 cm³/mol. The van der Waals surface area contributed by atoms with E-state index in [0.29, 0.717) is 38.8 Å². The van der Waals surface area contributed by atoms with Gasteiger partial charge >= 0.3 is 0 Å². The molecule has 9 nitrogen and oxygen atoms in total. The molecule has 10 atom stereocenters. The van der Waals surface area contributed by atoms with Crippen molar-refractivity contribution in [3.63, 3.8) is 0 Å². The van der Waals surface area contributed by atoms with Crippen LogP contribution in [0.3, 0.4) is 0 Å². The van der Waals surface area contributed by atoms with Crippen molar-refractivity contribution in [3.05, 3.63) is 0 Å². The Morgan fingerprint density at radius 2 is 2.03 bits per heavy atom. The molecule has 34 heavy (non-hydrogen) atoms. The lowest BCUT2D eigenvalue weighted by Gasteiger charge is -2.45. The van der Waals surface area contributed by atoms with E-state index in [4.69, 9.17) is 21.1 Å². The summed E-state index contributed by atoms with van der Waals surface area (Å²) in [5.74, 6) is 0.541. The van der Waals surface area contributed by atoms with Crippen LogP contribution in [0.4, 0.5) is 0 Å². The summed E-state index contributed by atoms with van der Waals surface area (Å²) in [5, 5.41) is 13.9. The van der Waals surface area contributed by atoms with Gasteiger partial charge in [-0.15, -0.1) is 23.4 Å². The smallest absolute Gasteiger partial charge is 0.251 e. The van der Waals surface area contributed by atoms with Crippen molar-refractivity contribution >= 4 is 35.2 Å². The highest BCUT2D eigenvalue weighted by atomic mass is 35.5. The van der Waals surface area contributed by atoms with E-state index in [1.165, 1.54) is 0 Å². The van der Waals surface area contributed by atoms with Crippen LogP contribution >= 0.6 is 23.4 Å². The lowest BCUT2D eigenvalue weighted by atomic mass is 9.70. The van der Waals surface area contributed by atoms with E-state index in [-0.39, 0.29) is 64.1 Å². The summed E-state index contributed by atoms with van der Waals surface area (Å²) in [6, 6.07) is 0.557. The van der Waals surface area contributed by atoms with Gasteiger partial charge in [-0.25, -0.2) is 0 Å². The van der Waals surface area contributed by atoms with E-state index in [2.05, 4.69) is 28.2 Å². The van der Waals surface area contributed by atoms with Crippen LogP contribution in [-0.2, 0) is 19.1 Å². The molecule has 0 saturated carbocycles. The number of fused-ring (bicyclic) bond motifs is 1. The third-order valence-electron chi connectivity index (χ3n) is 8.25. The van der Waals surface area contributed by atoms with Crippen molar-refractivity contribution in [2.45, 2.75) is 73.1 Å². The van der Waals surface area contributed by atoms with Gasteiger partial charge in [-0.2, -0.15) is 0 Å². The summed E-state index contributed by atoms with van der Waals surface area (Å²) in [6.07, 6.45) is 3.31. The molecule has 0 aromatic rings. The fourth-order valence-corrected chi connectivity index (χ4v) is 8.12. The molecule has 0 aromatic carbocycles. The normalized spacial score (nSPS) is 44.7. The standard InChI is InChI=1S/C23H38ClN5O4S/c1-12-6-13(14-7-20(24)26-9-18(14)32-2)15(8-25-12)21(30)28-23-27-16-10-29(11-19(16)34-23)22(31)17-4-3-5-33-17/h12-20,23,25-27H,3-11H2,1-2H3,(H,28,30)/t12?,13?,14?,15?,16?,17-,18?,19?,20?,23?/m1/s1. The van der Waals surface area contributed by atoms with Gasteiger partial charge in [-0.1, -0.05) is 0 Å². The van der Waals surface area contributed by atoms with Gasteiger partial charge in [0.15, 0.2) is 0 Å². The molecule has 5 rings (SSSR count). The van der Waals surface area contributed by atoms with Crippen LogP contribution in [0.2, 0.25) is 0 Å². The highest BCUT2D eigenvalue weighted by Crippen LogP contribution is 2.38. The number of hydrogen-bond donors (Lipinski definition) is 4. The number of halogens is 1. The second-order valence-electron chi connectivity index (χ2n) is 10.4. The number of piperidine rings is 2. The van der Waals surface area contributed by atoms with Gasteiger partial charge in [0, 0.05) is 57.2 Å². The van der Waals surface area contributed by atoms with Gasteiger partial charge in [-0.3, -0.25) is 20.2 Å². The lowest BCUT2D eigenvalue weighted by Crippen LogP contribution is -2.57. The number of methoxy groups -OCH3 is 1. The van der Waals surface area contributed by atoms with Crippen LogP contribution in [0.15, 0.2) is 0 Å². The summed E-state index contributed by atoms with van der Waals surface area (Å²) in [7, 11) is 1.75. The van der Waals surface area contributed by atoms with Gasteiger partial charge in [0.2, 0.25) is 5.91 Å². The molecule has 9 unspecified atom stereocenters. The molecule has 0 aromatic heterocycles. The molecule has 11 heteroatoms. The zero-order valence-corrected chi connectivity index (χ0v) is 21.6. The Kier molecular flexibility index (Phi) is 7.94. The van der Waals surface area contributed by atoms with Gasteiger partial charge < -0.3 is 25.0 Å². The minimum Gasteiger partial charge on any atom is -0.380 e. The second-order valence-corrected chi connectivity index (χ2v) is 12.3. The molecule has 5 aliphatic heterocycles. The number of carbonyl (C=O) groups is 2. The van der Waals surface area contributed by atoms with E-state index < -0.39 is 0 Å². The van der Waals surface area contributed by atoms with Crippen LogP contribution in [-0.4, -0.2) is 97.2 Å². The molecule has 0 bridgehead atoms. The number of likely N-dealkylation sites (tertiary alicyclic amines) is 1. The number of carbonyl (C=O) groups excluding carboxylic acids is 2. The van der Waals surface area contributed by atoms with E-state index in [0.717, 1.165) is 25.7 Å². The molecule has 5 heterocycles. The zero-order chi connectivity index (χ0) is 23.8. The fourth-order valence-electron chi connectivity index (χ4n) is 6.42. The number of hydrogen-bond acceptors (Lipinski definition) is 8. The van der Waals surface area contributed by atoms with E-state index in [9.17, 15) is 9.59 Å². The molecule has 5 aliphatic rings. The monoisotopic (exact) mass is 515 g/mol. The summed E-state index contributed by atoms with van der Waals surface area (Å²) in [5.41, 5.74) is -0.216. The molecule has 4 N–H and O–H groups in total. The zero-order valence-electron chi connectivity index (χ0n) is 20.0. The summed E-state index contributed by atoms with van der Waals surface area (Å²) < 4.78 is 11.4. The highest BCUT2D eigenvalue weighted by molar-refractivity contribution is 8.00. The fraction of sp³-hybridized carbons (Fsp3) is 0.913. The van der Waals surface area contributed by atoms with Crippen molar-refractivity contribution in [2.24, 2.45) is 17.8 Å². The molecule has 5 fully saturated rings. The summed E-state index contributed by atoms with van der Waals surface area (Å²) in [4.78, 5) is 28.1. The van der Waals surface area contributed by atoms with Gasteiger partial charge in [0.05, 0.1) is 17.5 Å². The molecule has 0 aliphatic carbocycles.